The maximum absolute atomic E-state index is 12.3. The highest BCUT2D eigenvalue weighted by Crippen LogP contribution is 2.32. The van der Waals surface area contributed by atoms with Crippen LogP contribution in [0.4, 0.5) is 8.78 Å². The van der Waals surface area contributed by atoms with Crippen molar-refractivity contribution in [2.75, 3.05) is 20.4 Å². The molecule has 3 rings (SSSR count). The van der Waals surface area contributed by atoms with Gasteiger partial charge in [0.25, 0.3) is 5.91 Å². The second-order valence-electron chi connectivity index (χ2n) is 5.44. The average molecular weight is 365 g/mol. The second-order valence-corrected chi connectivity index (χ2v) is 5.44. The summed E-state index contributed by atoms with van der Waals surface area (Å²) >= 11 is 0. The van der Waals surface area contributed by atoms with Crippen molar-refractivity contribution < 1.29 is 32.5 Å². The fourth-order valence-electron chi connectivity index (χ4n) is 2.52. The van der Waals surface area contributed by atoms with E-state index in [2.05, 4.69) is 10.1 Å². The predicted octanol–water partition coefficient (Wildman–Crippen LogP) is 3.00. The number of nitrogens with one attached hydrogen (secondary N) is 1. The summed E-state index contributed by atoms with van der Waals surface area (Å²) in [5.41, 5.74) is 1.28. The Hall–Kier alpha value is -3.03. The van der Waals surface area contributed by atoms with Gasteiger partial charge in [0.05, 0.1) is 7.11 Å². The van der Waals surface area contributed by atoms with Crippen LogP contribution in [0.2, 0.25) is 0 Å². The molecule has 0 atom stereocenters. The van der Waals surface area contributed by atoms with Gasteiger partial charge in [-0.15, -0.1) is 0 Å². The van der Waals surface area contributed by atoms with Gasteiger partial charge in [0, 0.05) is 12.1 Å². The van der Waals surface area contributed by atoms with Crippen LogP contribution < -0.4 is 24.3 Å². The van der Waals surface area contributed by atoms with Gasteiger partial charge in [0.2, 0.25) is 6.79 Å². The highest BCUT2D eigenvalue weighted by molar-refractivity contribution is 5.94. The molecule has 0 aliphatic carbocycles. The van der Waals surface area contributed by atoms with Gasteiger partial charge < -0.3 is 24.3 Å². The molecule has 2 aromatic rings. The highest BCUT2D eigenvalue weighted by Gasteiger charge is 2.16. The lowest BCUT2D eigenvalue weighted by molar-refractivity contribution is -0.0512. The van der Waals surface area contributed by atoms with E-state index in [0.29, 0.717) is 30.0 Å². The summed E-state index contributed by atoms with van der Waals surface area (Å²) in [5, 5.41) is 2.80. The lowest BCUT2D eigenvalue weighted by Crippen LogP contribution is -2.25. The van der Waals surface area contributed by atoms with Crippen LogP contribution in [-0.2, 0) is 6.42 Å². The number of methoxy groups -OCH3 is 1. The van der Waals surface area contributed by atoms with Crippen molar-refractivity contribution in [3.8, 4) is 23.0 Å². The zero-order valence-electron chi connectivity index (χ0n) is 14.0. The van der Waals surface area contributed by atoms with Crippen LogP contribution in [0.15, 0.2) is 36.4 Å². The molecule has 1 heterocycles. The molecular formula is C18H17F2NO5. The Bertz CT molecular complexity index is 797. The molecule has 0 saturated heterocycles. The molecule has 8 heteroatoms. The third kappa shape index (κ3) is 4.14. The minimum Gasteiger partial charge on any atom is -0.493 e. The van der Waals surface area contributed by atoms with E-state index in [9.17, 15) is 13.6 Å². The van der Waals surface area contributed by atoms with Gasteiger partial charge in [-0.2, -0.15) is 8.78 Å². The number of carbonyl (C=O) groups excluding carboxylic acids is 1. The number of rotatable bonds is 7. The summed E-state index contributed by atoms with van der Waals surface area (Å²) in [5.74, 6) is 1.09. The Morgan fingerprint density at radius 3 is 2.73 bits per heavy atom. The summed E-state index contributed by atoms with van der Waals surface area (Å²) in [6.45, 7) is -2.41. The lowest BCUT2D eigenvalue weighted by atomic mass is 10.1. The van der Waals surface area contributed by atoms with E-state index >= 15 is 0 Å². The largest absolute Gasteiger partial charge is 0.493 e. The molecule has 6 nitrogen and oxygen atoms in total. The van der Waals surface area contributed by atoms with Crippen molar-refractivity contribution in [2.45, 2.75) is 13.0 Å². The Morgan fingerprint density at radius 1 is 1.15 bits per heavy atom. The summed E-state index contributed by atoms with van der Waals surface area (Å²) in [6.07, 6.45) is 0.502. The van der Waals surface area contributed by atoms with Gasteiger partial charge in [-0.25, -0.2) is 0 Å². The van der Waals surface area contributed by atoms with Crippen LogP contribution in [0.3, 0.4) is 0 Å². The van der Waals surface area contributed by atoms with Crippen LogP contribution in [0, 0.1) is 0 Å². The van der Waals surface area contributed by atoms with Gasteiger partial charge in [-0.05, 0) is 42.3 Å². The number of fused-ring (bicyclic) bond motifs is 1. The van der Waals surface area contributed by atoms with Crippen molar-refractivity contribution >= 4 is 5.91 Å². The van der Waals surface area contributed by atoms with Crippen molar-refractivity contribution in [3.63, 3.8) is 0 Å². The number of hydrogen-bond acceptors (Lipinski definition) is 5. The number of benzene rings is 2. The third-order valence-corrected chi connectivity index (χ3v) is 3.78. The zero-order valence-corrected chi connectivity index (χ0v) is 14.0. The monoisotopic (exact) mass is 365 g/mol. The Balaban J connectivity index is 1.56. The lowest BCUT2D eigenvalue weighted by Gasteiger charge is -2.12. The van der Waals surface area contributed by atoms with E-state index in [1.54, 1.807) is 30.3 Å². The molecule has 2 aromatic carbocycles. The predicted molar refractivity (Wildman–Crippen MR) is 88.2 cm³/mol. The van der Waals surface area contributed by atoms with E-state index in [0.717, 1.165) is 5.56 Å². The minimum atomic E-state index is -2.92. The van der Waals surface area contributed by atoms with Gasteiger partial charge >= 0.3 is 6.61 Å². The number of hydrogen-bond donors (Lipinski definition) is 1. The summed E-state index contributed by atoms with van der Waals surface area (Å²) in [7, 11) is 1.37. The maximum atomic E-state index is 12.3. The third-order valence-electron chi connectivity index (χ3n) is 3.78. The molecule has 0 unspecified atom stereocenters. The first-order chi connectivity index (χ1) is 12.6. The molecule has 0 saturated carbocycles. The minimum absolute atomic E-state index is 0.0318. The molecular weight excluding hydrogens is 348 g/mol. The van der Waals surface area contributed by atoms with E-state index < -0.39 is 6.61 Å². The Kier molecular flexibility index (Phi) is 5.40. The number of alkyl halides is 2. The van der Waals surface area contributed by atoms with Crippen molar-refractivity contribution in [1.82, 2.24) is 5.32 Å². The van der Waals surface area contributed by atoms with E-state index in [1.807, 2.05) is 0 Å². The smallest absolute Gasteiger partial charge is 0.387 e. The average Bonchev–Trinajstić information content (AvgIpc) is 3.10. The summed E-state index contributed by atoms with van der Waals surface area (Å²) < 4.78 is 44.5. The number of amides is 1. The standard InChI is InChI=1S/C18H17F2NO5/c1-23-15-8-11(2-4-14(15)26-18(19)20)6-7-21-17(22)12-3-5-13-16(9-12)25-10-24-13/h2-5,8-9,18H,6-7,10H2,1H3,(H,21,22). The first-order valence-corrected chi connectivity index (χ1v) is 7.86. The molecule has 138 valence electrons. The number of ether oxygens (including phenoxy) is 4. The second kappa shape index (κ2) is 7.90. The van der Waals surface area contributed by atoms with Crippen LogP contribution in [-0.4, -0.2) is 33.0 Å². The van der Waals surface area contributed by atoms with Crippen LogP contribution >= 0.6 is 0 Å². The molecule has 1 amide bonds. The summed E-state index contributed by atoms with van der Waals surface area (Å²) in [6, 6.07) is 9.63. The Morgan fingerprint density at radius 2 is 1.96 bits per heavy atom. The van der Waals surface area contributed by atoms with Crippen LogP contribution in [0.5, 0.6) is 23.0 Å². The molecule has 1 aliphatic heterocycles. The maximum Gasteiger partial charge on any atom is 0.387 e. The molecule has 0 bridgehead atoms. The fraction of sp³-hybridized carbons (Fsp3) is 0.278. The summed E-state index contributed by atoms with van der Waals surface area (Å²) in [4.78, 5) is 12.2. The van der Waals surface area contributed by atoms with Crippen molar-refractivity contribution in [3.05, 3.63) is 47.5 Å². The molecule has 26 heavy (non-hydrogen) atoms. The molecule has 0 spiro atoms. The van der Waals surface area contributed by atoms with Crippen molar-refractivity contribution in [2.24, 2.45) is 0 Å². The quantitative estimate of drug-likeness (QED) is 0.817. The molecule has 1 aliphatic rings. The van der Waals surface area contributed by atoms with E-state index in [-0.39, 0.29) is 24.2 Å². The normalized spacial score (nSPS) is 12.2. The molecule has 0 fully saturated rings. The topological polar surface area (TPSA) is 66.0 Å². The molecule has 0 radical (unpaired) electrons. The van der Waals surface area contributed by atoms with E-state index in [4.69, 9.17) is 14.2 Å². The van der Waals surface area contributed by atoms with Crippen LogP contribution in [0.25, 0.3) is 0 Å². The van der Waals surface area contributed by atoms with Gasteiger partial charge in [-0.3, -0.25) is 4.79 Å². The Labute approximate surface area is 148 Å². The zero-order chi connectivity index (χ0) is 18.5. The molecule has 1 N–H and O–H groups in total. The fourth-order valence-corrected chi connectivity index (χ4v) is 2.52. The SMILES string of the molecule is COc1cc(CCNC(=O)c2ccc3c(c2)OCO3)ccc1OC(F)F. The molecule has 0 aromatic heterocycles. The first kappa shape index (κ1) is 17.8. The number of halogens is 2. The van der Waals surface area contributed by atoms with Crippen molar-refractivity contribution in [1.29, 1.82) is 0 Å². The van der Waals surface area contributed by atoms with E-state index in [1.165, 1.54) is 13.2 Å². The number of carbonyl (C=O) groups is 1. The van der Waals surface area contributed by atoms with Gasteiger partial charge in [0.1, 0.15) is 0 Å². The van der Waals surface area contributed by atoms with Gasteiger partial charge in [-0.1, -0.05) is 6.07 Å². The van der Waals surface area contributed by atoms with Crippen LogP contribution in [0.1, 0.15) is 15.9 Å². The highest BCUT2D eigenvalue weighted by atomic mass is 19.3. The van der Waals surface area contributed by atoms with Gasteiger partial charge in [0.15, 0.2) is 23.0 Å². The first-order valence-electron chi connectivity index (χ1n) is 7.86.